The zero-order valence-corrected chi connectivity index (χ0v) is 7.15. The quantitative estimate of drug-likeness (QED) is 0.447. The molecule has 0 aromatic rings. The Bertz CT molecular complexity index is 184. The first-order chi connectivity index (χ1) is 4.70. The van der Waals surface area contributed by atoms with Gasteiger partial charge in [0.1, 0.15) is 0 Å². The fourth-order valence-corrected chi connectivity index (χ4v) is 0.342. The maximum absolute atomic E-state index is 3.03. The van der Waals surface area contributed by atoms with Crippen molar-refractivity contribution >= 4 is 0 Å². The second-order valence-electron chi connectivity index (χ2n) is 2.19. The molecule has 0 atom stereocenters. The lowest BCUT2D eigenvalue weighted by Crippen LogP contribution is -1.68. The molecule has 0 heteroatoms. The molecule has 0 aliphatic heterocycles. The highest BCUT2D eigenvalue weighted by Gasteiger charge is 1.76. The molecule has 0 bridgehead atoms. The summed E-state index contributed by atoms with van der Waals surface area (Å²) in [5.41, 5.74) is 2.25. The molecule has 0 fully saturated rings. The molecule has 0 amide bonds. The molecule has 0 rings (SSSR count). The first kappa shape index (κ1) is 9.04. The van der Waals surface area contributed by atoms with E-state index in [0.29, 0.717) is 0 Å². The molecule has 0 radical (unpaired) electrons. The van der Waals surface area contributed by atoms with Gasteiger partial charge in [0.15, 0.2) is 0 Å². The van der Waals surface area contributed by atoms with E-state index in [1.807, 2.05) is 39.8 Å². The minimum absolute atomic E-state index is 1.13. The van der Waals surface area contributed by atoms with Crippen molar-refractivity contribution in [2.45, 2.75) is 27.7 Å². The van der Waals surface area contributed by atoms with Gasteiger partial charge in [0.2, 0.25) is 0 Å². The van der Waals surface area contributed by atoms with Crippen LogP contribution in [-0.2, 0) is 0 Å². The average Bonchev–Trinajstić information content (AvgIpc) is 1.99. The van der Waals surface area contributed by atoms with Crippen LogP contribution in [0.3, 0.4) is 0 Å². The maximum atomic E-state index is 3.03. The van der Waals surface area contributed by atoms with Gasteiger partial charge >= 0.3 is 0 Å². The van der Waals surface area contributed by atoms with Crippen LogP contribution < -0.4 is 0 Å². The zero-order valence-electron chi connectivity index (χ0n) is 7.15. The van der Waals surface area contributed by atoms with E-state index in [9.17, 15) is 0 Å². The van der Waals surface area contributed by atoms with Crippen molar-refractivity contribution in [3.63, 3.8) is 0 Å². The number of hydrogen-bond donors (Lipinski definition) is 0. The topological polar surface area (TPSA) is 0 Å². The smallest absolute Gasteiger partial charge is 0.00498 e. The highest BCUT2D eigenvalue weighted by molar-refractivity contribution is 5.35. The summed E-state index contributed by atoms with van der Waals surface area (Å²) in [5, 5.41) is 0. The van der Waals surface area contributed by atoms with Crippen molar-refractivity contribution in [1.29, 1.82) is 0 Å². The Morgan fingerprint density at radius 1 is 0.900 bits per heavy atom. The molecule has 0 spiro atoms. The third kappa shape index (κ3) is 3.97. The van der Waals surface area contributed by atoms with Gasteiger partial charge in [-0.15, -0.1) is 0 Å². The van der Waals surface area contributed by atoms with Crippen molar-refractivity contribution in [2.24, 2.45) is 0 Å². The van der Waals surface area contributed by atoms with E-state index in [1.54, 1.807) is 0 Å². The monoisotopic (exact) mass is 134 g/mol. The largest absolute Gasteiger partial charge is 0.0763 e. The van der Waals surface area contributed by atoms with Gasteiger partial charge in [-0.1, -0.05) is 24.0 Å². The van der Waals surface area contributed by atoms with Crippen LogP contribution in [0.25, 0.3) is 0 Å². The lowest BCUT2D eigenvalue weighted by molar-refractivity contribution is 1.49. The van der Waals surface area contributed by atoms with Gasteiger partial charge in [-0.3, -0.25) is 0 Å². The molecule has 0 unspecified atom stereocenters. The second kappa shape index (κ2) is 4.88. The summed E-state index contributed by atoms with van der Waals surface area (Å²) in [4.78, 5) is 0. The van der Waals surface area contributed by atoms with Crippen molar-refractivity contribution in [3.05, 3.63) is 23.3 Å². The van der Waals surface area contributed by atoms with Crippen molar-refractivity contribution in [2.75, 3.05) is 0 Å². The number of hydrogen-bond acceptors (Lipinski definition) is 0. The average molecular weight is 134 g/mol. The molecule has 0 aliphatic rings. The summed E-state index contributed by atoms with van der Waals surface area (Å²) < 4.78 is 0. The van der Waals surface area contributed by atoms with Crippen LogP contribution >= 0.6 is 0 Å². The summed E-state index contributed by atoms with van der Waals surface area (Å²) >= 11 is 0. The Labute approximate surface area is 63.6 Å². The van der Waals surface area contributed by atoms with Gasteiger partial charge in [-0.25, -0.2) is 0 Å². The van der Waals surface area contributed by atoms with Crippen LogP contribution in [0.2, 0.25) is 0 Å². The maximum Gasteiger partial charge on any atom is -0.00498 e. The zero-order chi connectivity index (χ0) is 7.98. The first-order valence-electron chi connectivity index (χ1n) is 3.48. The molecule has 0 nitrogen and oxygen atoms in total. The molecule has 0 heterocycles. The molecule has 0 N–H and O–H groups in total. The Kier molecular flexibility index (Phi) is 4.41. The molecule has 10 heavy (non-hydrogen) atoms. The molecule has 0 saturated heterocycles. The third-order valence-corrected chi connectivity index (χ3v) is 1.32. The number of rotatable bonds is 0. The molecule has 0 aromatic heterocycles. The van der Waals surface area contributed by atoms with Gasteiger partial charge in [0.05, 0.1) is 0 Å². The van der Waals surface area contributed by atoms with Crippen molar-refractivity contribution in [3.8, 4) is 11.8 Å². The lowest BCUT2D eigenvalue weighted by Gasteiger charge is -1.83. The fraction of sp³-hybridized carbons (Fsp3) is 0.400. The third-order valence-electron chi connectivity index (χ3n) is 1.32. The van der Waals surface area contributed by atoms with Crippen LogP contribution in [0.1, 0.15) is 27.7 Å². The van der Waals surface area contributed by atoms with Crippen LogP contribution in [0.5, 0.6) is 0 Å². The Morgan fingerprint density at radius 2 is 1.20 bits per heavy atom. The minimum atomic E-state index is 1.13. The lowest BCUT2D eigenvalue weighted by atomic mass is 10.2. The fourth-order valence-electron chi connectivity index (χ4n) is 0.342. The molecular formula is C10H14. The van der Waals surface area contributed by atoms with Gasteiger partial charge in [-0.2, -0.15) is 0 Å². The Morgan fingerprint density at radius 3 is 1.40 bits per heavy atom. The van der Waals surface area contributed by atoms with Gasteiger partial charge < -0.3 is 0 Å². The van der Waals surface area contributed by atoms with E-state index < -0.39 is 0 Å². The molecule has 0 aromatic carbocycles. The SMILES string of the molecule is C/C=C(\C)C#C/C(C)=C/C. The van der Waals surface area contributed by atoms with Gasteiger partial charge in [-0.05, 0) is 38.8 Å². The predicted octanol–water partition coefficient (Wildman–Crippen LogP) is 2.92. The van der Waals surface area contributed by atoms with E-state index in [-0.39, 0.29) is 0 Å². The summed E-state index contributed by atoms with van der Waals surface area (Å²) in [6.07, 6.45) is 4.02. The summed E-state index contributed by atoms with van der Waals surface area (Å²) in [5.74, 6) is 6.05. The summed E-state index contributed by atoms with van der Waals surface area (Å²) in [6, 6.07) is 0. The minimum Gasteiger partial charge on any atom is -0.0763 e. The van der Waals surface area contributed by atoms with E-state index in [4.69, 9.17) is 0 Å². The Hall–Kier alpha value is -0.960. The Balaban J connectivity index is 4.18. The predicted molar refractivity (Wildman–Crippen MR) is 46.6 cm³/mol. The van der Waals surface area contributed by atoms with Crippen LogP contribution in [0.4, 0.5) is 0 Å². The molecule has 54 valence electrons. The highest BCUT2D eigenvalue weighted by atomic mass is 13.8. The molecular weight excluding hydrogens is 120 g/mol. The van der Waals surface area contributed by atoms with E-state index in [0.717, 1.165) is 11.1 Å². The highest BCUT2D eigenvalue weighted by Crippen LogP contribution is 1.91. The molecule has 0 saturated carbocycles. The van der Waals surface area contributed by atoms with E-state index in [2.05, 4.69) is 11.8 Å². The summed E-state index contributed by atoms with van der Waals surface area (Å²) in [6.45, 7) is 8.01. The van der Waals surface area contributed by atoms with Crippen LogP contribution in [-0.4, -0.2) is 0 Å². The standard InChI is InChI=1S/C10H14/c1-5-9(3)7-8-10(4)6-2/h5-6H,1-4H3/b9-5+,10-6+. The normalized spacial score (nSPS) is 12.4. The first-order valence-corrected chi connectivity index (χ1v) is 3.48. The van der Waals surface area contributed by atoms with E-state index >= 15 is 0 Å². The van der Waals surface area contributed by atoms with Gasteiger partial charge in [0.25, 0.3) is 0 Å². The number of allylic oxidation sites excluding steroid dienone is 4. The van der Waals surface area contributed by atoms with E-state index in [1.165, 1.54) is 0 Å². The van der Waals surface area contributed by atoms with Crippen molar-refractivity contribution in [1.82, 2.24) is 0 Å². The summed E-state index contributed by atoms with van der Waals surface area (Å²) in [7, 11) is 0. The van der Waals surface area contributed by atoms with Crippen molar-refractivity contribution < 1.29 is 0 Å². The van der Waals surface area contributed by atoms with Crippen LogP contribution in [0, 0.1) is 11.8 Å². The van der Waals surface area contributed by atoms with Crippen LogP contribution in [0.15, 0.2) is 23.3 Å². The molecule has 0 aliphatic carbocycles. The van der Waals surface area contributed by atoms with Gasteiger partial charge in [0, 0.05) is 0 Å². The second-order valence-corrected chi connectivity index (χ2v) is 2.19.